The second-order valence-electron chi connectivity index (χ2n) is 7.32. The lowest BCUT2D eigenvalue weighted by molar-refractivity contribution is -0.116. The summed E-state index contributed by atoms with van der Waals surface area (Å²) < 4.78 is 64.2. The first-order valence-corrected chi connectivity index (χ1v) is 13.1. The number of nitrogens with one attached hydrogen (secondary N) is 1. The van der Waals surface area contributed by atoms with Crippen molar-refractivity contribution in [2.24, 2.45) is 0 Å². The van der Waals surface area contributed by atoms with E-state index in [0.29, 0.717) is 23.7 Å². The molecule has 10 heteroatoms. The molecule has 0 bridgehead atoms. The van der Waals surface area contributed by atoms with Gasteiger partial charge in [0, 0.05) is 12.1 Å². The highest BCUT2D eigenvalue weighted by atomic mass is 32.2. The average Bonchev–Trinajstić information content (AvgIpc) is 2.71. The molecule has 8 nitrogen and oxygen atoms in total. The molecule has 2 aromatic carbocycles. The van der Waals surface area contributed by atoms with Gasteiger partial charge in [-0.3, -0.25) is 13.9 Å². The Morgan fingerprint density at radius 1 is 0.875 bits per heavy atom. The van der Waals surface area contributed by atoms with Crippen molar-refractivity contribution in [1.82, 2.24) is 0 Å². The van der Waals surface area contributed by atoms with Crippen LogP contribution in [0, 0.1) is 0 Å². The van der Waals surface area contributed by atoms with Crippen molar-refractivity contribution in [3.63, 3.8) is 0 Å². The van der Waals surface area contributed by atoms with Crippen LogP contribution < -0.4 is 5.32 Å². The summed E-state index contributed by atoms with van der Waals surface area (Å²) in [7, 11) is -9.36. The van der Waals surface area contributed by atoms with Gasteiger partial charge < -0.3 is 5.32 Å². The van der Waals surface area contributed by atoms with Crippen LogP contribution in [0.1, 0.15) is 56.6 Å². The van der Waals surface area contributed by atoms with Gasteiger partial charge in [-0.05, 0) is 41.8 Å². The lowest BCUT2D eigenvalue weighted by Gasteiger charge is -2.06. The lowest BCUT2D eigenvalue weighted by Crippen LogP contribution is -2.10. The highest BCUT2D eigenvalue weighted by Gasteiger charge is 2.19. The summed E-state index contributed by atoms with van der Waals surface area (Å²) in [6, 6.07) is 9.73. The van der Waals surface area contributed by atoms with E-state index in [4.69, 9.17) is 4.55 Å². The predicted octanol–water partition coefficient (Wildman–Crippen LogP) is 4.65. The van der Waals surface area contributed by atoms with E-state index in [2.05, 4.69) is 12.2 Å². The summed E-state index contributed by atoms with van der Waals surface area (Å²) in [5, 5.41) is 2.83. The Morgan fingerprint density at radius 3 is 2.12 bits per heavy atom. The molecule has 0 saturated heterocycles. The fourth-order valence-electron chi connectivity index (χ4n) is 3.01. The number of anilines is 1. The van der Waals surface area contributed by atoms with Crippen LogP contribution in [0.15, 0.2) is 52.3 Å². The van der Waals surface area contributed by atoms with Gasteiger partial charge in [0.15, 0.2) is 0 Å². The predicted molar refractivity (Wildman–Crippen MR) is 123 cm³/mol. The van der Waals surface area contributed by atoms with Gasteiger partial charge in [0.1, 0.15) is 4.90 Å². The smallest absolute Gasteiger partial charge is 0.295 e. The molecule has 0 spiro atoms. The molecule has 0 fully saturated rings. The Kier molecular flexibility index (Phi) is 9.14. The van der Waals surface area contributed by atoms with Crippen LogP contribution in [0.25, 0.3) is 12.2 Å². The molecule has 0 aliphatic heterocycles. The third-order valence-electron chi connectivity index (χ3n) is 4.72. The first kappa shape index (κ1) is 25.7. The third kappa shape index (κ3) is 8.19. The fourth-order valence-corrected chi connectivity index (χ4v) is 4.30. The van der Waals surface area contributed by atoms with E-state index in [9.17, 15) is 26.2 Å². The van der Waals surface area contributed by atoms with E-state index in [-0.39, 0.29) is 11.5 Å². The minimum atomic E-state index is -4.73. The van der Waals surface area contributed by atoms with Crippen molar-refractivity contribution in [3.05, 3.63) is 53.6 Å². The van der Waals surface area contributed by atoms with E-state index < -0.39 is 30.0 Å². The van der Waals surface area contributed by atoms with E-state index in [1.54, 1.807) is 30.3 Å². The van der Waals surface area contributed by atoms with Crippen molar-refractivity contribution in [2.45, 2.75) is 55.2 Å². The minimum Gasteiger partial charge on any atom is -0.326 e. The first-order chi connectivity index (χ1) is 15.0. The van der Waals surface area contributed by atoms with Crippen LogP contribution in [0.4, 0.5) is 5.69 Å². The van der Waals surface area contributed by atoms with Crippen LogP contribution >= 0.6 is 0 Å². The second kappa shape index (κ2) is 11.4. The Hall–Kier alpha value is -2.53. The molecule has 32 heavy (non-hydrogen) atoms. The molecular formula is C22H27NO7S2. The molecule has 0 aromatic heterocycles. The monoisotopic (exact) mass is 481 g/mol. The Bertz CT molecular complexity index is 1170. The van der Waals surface area contributed by atoms with Gasteiger partial charge in [-0.2, -0.15) is 16.8 Å². The second-order valence-corrected chi connectivity index (χ2v) is 10.1. The van der Waals surface area contributed by atoms with Crippen molar-refractivity contribution in [1.29, 1.82) is 0 Å². The SMILES string of the molecule is CCCCCCCC(=O)Nc1ccc(C=Cc2ccc(S(=O)(=O)O)cc2S(=O)(=O)O)cc1. The number of unbranched alkanes of at least 4 members (excludes halogenated alkanes) is 4. The molecule has 0 unspecified atom stereocenters. The highest BCUT2D eigenvalue weighted by molar-refractivity contribution is 7.86. The fraction of sp³-hybridized carbons (Fsp3) is 0.318. The number of amides is 1. The summed E-state index contributed by atoms with van der Waals surface area (Å²) >= 11 is 0. The molecular weight excluding hydrogens is 454 g/mol. The minimum absolute atomic E-state index is 0.0420. The van der Waals surface area contributed by atoms with E-state index >= 15 is 0 Å². The molecule has 0 aliphatic carbocycles. The van der Waals surface area contributed by atoms with E-state index in [1.165, 1.54) is 12.5 Å². The van der Waals surface area contributed by atoms with Gasteiger partial charge in [-0.15, -0.1) is 0 Å². The maximum absolute atomic E-state index is 12.0. The summed E-state index contributed by atoms with van der Waals surface area (Å²) in [6.07, 6.45) is 8.75. The average molecular weight is 482 g/mol. The van der Waals surface area contributed by atoms with Crippen LogP contribution in [-0.2, 0) is 25.0 Å². The molecule has 0 aliphatic rings. The quantitative estimate of drug-likeness (QED) is 0.241. The molecule has 2 aromatic rings. The topological polar surface area (TPSA) is 138 Å². The number of carbonyl (C=O) groups excluding carboxylic acids is 1. The molecule has 1 amide bonds. The van der Waals surface area contributed by atoms with Crippen LogP contribution in [-0.4, -0.2) is 31.8 Å². The van der Waals surface area contributed by atoms with Crippen molar-refractivity contribution >= 4 is 44.0 Å². The van der Waals surface area contributed by atoms with Crippen molar-refractivity contribution < 1.29 is 30.7 Å². The van der Waals surface area contributed by atoms with Crippen LogP contribution in [0.3, 0.4) is 0 Å². The zero-order valence-electron chi connectivity index (χ0n) is 17.7. The van der Waals surface area contributed by atoms with Gasteiger partial charge in [0.05, 0.1) is 4.90 Å². The maximum atomic E-state index is 12.0. The Labute approximate surface area is 188 Å². The summed E-state index contributed by atoms with van der Waals surface area (Å²) in [4.78, 5) is 10.7. The van der Waals surface area contributed by atoms with Crippen molar-refractivity contribution in [3.8, 4) is 0 Å². The molecule has 3 N–H and O–H groups in total. The number of benzene rings is 2. The van der Waals surface area contributed by atoms with E-state index in [1.807, 2.05) is 0 Å². The summed E-state index contributed by atoms with van der Waals surface area (Å²) in [5.41, 5.74) is 1.36. The highest BCUT2D eigenvalue weighted by Crippen LogP contribution is 2.23. The summed E-state index contributed by atoms with van der Waals surface area (Å²) in [6.45, 7) is 2.14. The number of hydrogen-bond acceptors (Lipinski definition) is 5. The van der Waals surface area contributed by atoms with Gasteiger partial charge >= 0.3 is 0 Å². The van der Waals surface area contributed by atoms with Crippen molar-refractivity contribution in [2.75, 3.05) is 5.32 Å². The van der Waals surface area contributed by atoms with Gasteiger partial charge in [0.2, 0.25) is 5.91 Å². The number of rotatable bonds is 11. The maximum Gasteiger partial charge on any atom is 0.295 e. The van der Waals surface area contributed by atoms with Crippen LogP contribution in [0.2, 0.25) is 0 Å². The number of hydrogen-bond donors (Lipinski definition) is 3. The normalized spacial score (nSPS) is 12.2. The molecule has 0 heterocycles. The number of carbonyl (C=O) groups is 1. The Balaban J connectivity index is 2.07. The largest absolute Gasteiger partial charge is 0.326 e. The van der Waals surface area contributed by atoms with Gasteiger partial charge in [-0.1, -0.05) is 63.0 Å². The molecule has 0 saturated carbocycles. The zero-order chi connectivity index (χ0) is 23.8. The standard InChI is InChI=1S/C22H27NO7S2/c1-2-3-4-5-6-7-22(24)23-19-13-9-17(10-14-19)8-11-18-12-15-20(31(25,26)27)16-21(18)32(28,29)30/h8-16H,2-7H2,1H3,(H,23,24)(H,25,26,27)(H,28,29,30). The Morgan fingerprint density at radius 2 is 1.53 bits per heavy atom. The summed E-state index contributed by atoms with van der Waals surface area (Å²) in [5.74, 6) is -0.0542. The molecule has 0 radical (unpaired) electrons. The van der Waals surface area contributed by atoms with Gasteiger partial charge in [0.25, 0.3) is 20.2 Å². The first-order valence-electron chi connectivity index (χ1n) is 10.2. The molecule has 174 valence electrons. The van der Waals surface area contributed by atoms with Gasteiger partial charge in [-0.25, -0.2) is 0 Å². The van der Waals surface area contributed by atoms with Crippen LogP contribution in [0.5, 0.6) is 0 Å². The zero-order valence-corrected chi connectivity index (χ0v) is 19.3. The molecule has 2 rings (SSSR count). The third-order valence-corrected chi connectivity index (χ3v) is 6.48. The van der Waals surface area contributed by atoms with E-state index in [0.717, 1.165) is 37.8 Å². The molecule has 0 atom stereocenters. The lowest BCUT2D eigenvalue weighted by atomic mass is 10.1.